The normalized spacial score (nSPS) is 11.0. The minimum absolute atomic E-state index is 0.158. The molecule has 0 unspecified atom stereocenters. The van der Waals surface area contributed by atoms with Crippen molar-refractivity contribution < 1.29 is 4.79 Å². The van der Waals surface area contributed by atoms with Crippen LogP contribution in [0.25, 0.3) is 17.0 Å². The Labute approximate surface area is 120 Å². The van der Waals surface area contributed by atoms with Crippen LogP contribution in [0.5, 0.6) is 0 Å². The van der Waals surface area contributed by atoms with Crippen molar-refractivity contribution in [1.82, 2.24) is 4.98 Å². The van der Waals surface area contributed by atoms with Crippen LogP contribution >= 0.6 is 11.3 Å². The maximum absolute atomic E-state index is 11.9. The van der Waals surface area contributed by atoms with E-state index in [9.17, 15) is 4.79 Å². The van der Waals surface area contributed by atoms with E-state index >= 15 is 0 Å². The maximum Gasteiger partial charge on any atom is 0.248 e. The highest BCUT2D eigenvalue weighted by atomic mass is 32.1. The number of pyridine rings is 1. The Morgan fingerprint density at radius 3 is 2.95 bits per heavy atom. The number of carbonyl (C=O) groups excluding carboxylic acids is 1. The van der Waals surface area contributed by atoms with Crippen molar-refractivity contribution in [2.45, 2.75) is 0 Å². The number of benzene rings is 1. The van der Waals surface area contributed by atoms with E-state index in [-0.39, 0.29) is 5.91 Å². The van der Waals surface area contributed by atoms with Crippen LogP contribution in [0.2, 0.25) is 0 Å². The van der Waals surface area contributed by atoms with Crippen molar-refractivity contribution in [2.75, 3.05) is 5.32 Å². The predicted molar refractivity (Wildman–Crippen MR) is 83.7 cm³/mol. The lowest BCUT2D eigenvalue weighted by Gasteiger charge is -2.05. The van der Waals surface area contributed by atoms with Crippen LogP contribution in [0.3, 0.4) is 0 Å². The van der Waals surface area contributed by atoms with E-state index < -0.39 is 0 Å². The Hall–Kier alpha value is -2.46. The first-order valence-electron chi connectivity index (χ1n) is 6.18. The van der Waals surface area contributed by atoms with Gasteiger partial charge in [-0.05, 0) is 40.6 Å². The number of fused-ring (bicyclic) bond motifs is 1. The summed E-state index contributed by atoms with van der Waals surface area (Å²) >= 11 is 1.60. The van der Waals surface area contributed by atoms with E-state index in [2.05, 4.69) is 10.3 Å². The highest BCUT2D eigenvalue weighted by molar-refractivity contribution is 7.08. The van der Waals surface area contributed by atoms with E-state index in [0.29, 0.717) is 0 Å². The molecule has 1 N–H and O–H groups in total. The number of aromatic nitrogens is 1. The molecule has 0 radical (unpaired) electrons. The zero-order valence-corrected chi connectivity index (χ0v) is 11.4. The van der Waals surface area contributed by atoms with Crippen LogP contribution in [0.15, 0.2) is 59.4 Å². The number of hydrogen-bond acceptors (Lipinski definition) is 3. The highest BCUT2D eigenvalue weighted by Gasteiger charge is 2.03. The zero-order valence-electron chi connectivity index (χ0n) is 10.6. The summed E-state index contributed by atoms with van der Waals surface area (Å²) in [7, 11) is 0. The Bertz CT molecular complexity index is 758. The largest absolute Gasteiger partial charge is 0.321 e. The number of thiophene rings is 1. The molecule has 2 aromatic heterocycles. The van der Waals surface area contributed by atoms with Gasteiger partial charge in [-0.15, -0.1) is 0 Å². The Balaban J connectivity index is 1.81. The van der Waals surface area contributed by atoms with Crippen LogP contribution < -0.4 is 5.32 Å². The monoisotopic (exact) mass is 280 g/mol. The molecule has 0 spiro atoms. The van der Waals surface area contributed by atoms with Crippen LogP contribution in [-0.2, 0) is 4.79 Å². The van der Waals surface area contributed by atoms with Crippen molar-refractivity contribution in [1.29, 1.82) is 0 Å². The molecule has 0 aliphatic rings. The second-order valence-corrected chi connectivity index (χ2v) is 5.04. The summed E-state index contributed by atoms with van der Waals surface area (Å²) in [5, 5.41) is 7.84. The third-order valence-corrected chi connectivity index (χ3v) is 3.56. The molecule has 0 atom stereocenters. The summed E-state index contributed by atoms with van der Waals surface area (Å²) in [6.45, 7) is 0. The van der Waals surface area contributed by atoms with Crippen LogP contribution in [-0.4, -0.2) is 10.9 Å². The van der Waals surface area contributed by atoms with Gasteiger partial charge in [-0.2, -0.15) is 11.3 Å². The summed E-state index contributed by atoms with van der Waals surface area (Å²) in [5.41, 5.74) is 2.55. The number of anilines is 1. The SMILES string of the molecule is O=C(C=Cc1ccsc1)Nc1cccc2cccnc12. The molecule has 20 heavy (non-hydrogen) atoms. The fraction of sp³-hybridized carbons (Fsp3) is 0. The second-order valence-electron chi connectivity index (χ2n) is 4.26. The van der Waals surface area contributed by atoms with Gasteiger partial charge in [-0.25, -0.2) is 0 Å². The average Bonchev–Trinajstić information content (AvgIpc) is 2.99. The van der Waals surface area contributed by atoms with Gasteiger partial charge >= 0.3 is 0 Å². The van der Waals surface area contributed by atoms with Crippen molar-refractivity contribution in [3.05, 3.63) is 65.0 Å². The highest BCUT2D eigenvalue weighted by Crippen LogP contribution is 2.20. The second kappa shape index (κ2) is 5.67. The fourth-order valence-electron chi connectivity index (χ4n) is 1.92. The van der Waals surface area contributed by atoms with Gasteiger partial charge in [0.05, 0.1) is 11.2 Å². The van der Waals surface area contributed by atoms with E-state index in [0.717, 1.165) is 22.2 Å². The molecular weight excluding hydrogens is 268 g/mol. The number of carbonyl (C=O) groups is 1. The minimum Gasteiger partial charge on any atom is -0.321 e. The molecule has 2 heterocycles. The van der Waals surface area contributed by atoms with Gasteiger partial charge in [0, 0.05) is 17.7 Å². The first-order valence-corrected chi connectivity index (χ1v) is 7.12. The van der Waals surface area contributed by atoms with Gasteiger partial charge in [-0.3, -0.25) is 9.78 Å². The summed E-state index contributed by atoms with van der Waals surface area (Å²) < 4.78 is 0. The van der Waals surface area contributed by atoms with Gasteiger partial charge in [0.1, 0.15) is 0 Å². The third-order valence-electron chi connectivity index (χ3n) is 2.86. The van der Waals surface area contributed by atoms with Gasteiger partial charge in [0.15, 0.2) is 0 Å². The summed E-state index contributed by atoms with van der Waals surface area (Å²) in [5.74, 6) is -0.158. The molecule has 3 aromatic rings. The summed E-state index contributed by atoms with van der Waals surface area (Å²) in [6.07, 6.45) is 5.05. The molecule has 4 heteroatoms. The number of rotatable bonds is 3. The molecule has 98 valence electrons. The van der Waals surface area contributed by atoms with Gasteiger partial charge in [0.25, 0.3) is 0 Å². The Morgan fingerprint density at radius 1 is 1.20 bits per heavy atom. The van der Waals surface area contributed by atoms with E-state index in [1.54, 1.807) is 23.6 Å². The van der Waals surface area contributed by atoms with Crippen molar-refractivity contribution >= 4 is 39.9 Å². The van der Waals surface area contributed by atoms with Crippen LogP contribution in [0.4, 0.5) is 5.69 Å². The summed E-state index contributed by atoms with van der Waals surface area (Å²) in [4.78, 5) is 16.2. The smallest absolute Gasteiger partial charge is 0.248 e. The Kier molecular flexibility index (Phi) is 3.56. The standard InChI is InChI=1S/C16H12N2OS/c19-15(7-6-12-8-10-20-11-12)18-14-5-1-3-13-4-2-9-17-16(13)14/h1-11H,(H,18,19). The van der Waals surface area contributed by atoms with Gasteiger partial charge < -0.3 is 5.32 Å². The molecule has 0 saturated heterocycles. The first-order chi connectivity index (χ1) is 9.83. The topological polar surface area (TPSA) is 42.0 Å². The van der Waals surface area contributed by atoms with Gasteiger partial charge in [0.2, 0.25) is 5.91 Å². The fourth-order valence-corrected chi connectivity index (χ4v) is 2.55. The lowest BCUT2D eigenvalue weighted by atomic mass is 10.2. The van der Waals surface area contributed by atoms with E-state index in [1.807, 2.05) is 47.2 Å². The van der Waals surface area contributed by atoms with Crippen molar-refractivity contribution in [3.8, 4) is 0 Å². The van der Waals surface area contributed by atoms with Crippen molar-refractivity contribution in [2.24, 2.45) is 0 Å². The molecule has 1 amide bonds. The van der Waals surface area contributed by atoms with Crippen molar-refractivity contribution in [3.63, 3.8) is 0 Å². The predicted octanol–water partition coefficient (Wildman–Crippen LogP) is 3.95. The molecule has 0 aliphatic heterocycles. The maximum atomic E-state index is 11.9. The van der Waals surface area contributed by atoms with E-state index in [4.69, 9.17) is 0 Å². The third kappa shape index (κ3) is 2.75. The van der Waals surface area contributed by atoms with E-state index in [1.165, 1.54) is 6.08 Å². The minimum atomic E-state index is -0.158. The molecule has 1 aromatic carbocycles. The average molecular weight is 280 g/mol. The molecular formula is C16H12N2OS. The van der Waals surface area contributed by atoms with Crippen LogP contribution in [0.1, 0.15) is 5.56 Å². The lowest BCUT2D eigenvalue weighted by Crippen LogP contribution is -2.08. The Morgan fingerprint density at radius 2 is 2.10 bits per heavy atom. The lowest BCUT2D eigenvalue weighted by molar-refractivity contribution is -0.111. The quantitative estimate of drug-likeness (QED) is 0.738. The number of amides is 1. The molecule has 0 fully saturated rings. The summed E-state index contributed by atoms with van der Waals surface area (Å²) in [6, 6.07) is 11.5. The van der Waals surface area contributed by atoms with Crippen LogP contribution in [0, 0.1) is 0 Å². The molecule has 3 rings (SSSR count). The first kappa shape index (κ1) is 12.6. The number of nitrogens with one attached hydrogen (secondary N) is 1. The molecule has 3 nitrogen and oxygen atoms in total. The molecule has 0 bridgehead atoms. The van der Waals surface area contributed by atoms with Gasteiger partial charge in [-0.1, -0.05) is 18.2 Å². The number of hydrogen-bond donors (Lipinski definition) is 1. The zero-order chi connectivity index (χ0) is 13.8. The molecule has 0 saturated carbocycles. The molecule has 0 aliphatic carbocycles. The number of para-hydroxylation sites is 1. The number of nitrogens with zero attached hydrogens (tertiary/aromatic N) is 1.